The van der Waals surface area contributed by atoms with Crippen molar-refractivity contribution in [3.63, 3.8) is 0 Å². The van der Waals surface area contributed by atoms with Gasteiger partial charge in [-0.3, -0.25) is 4.79 Å². The van der Waals surface area contributed by atoms with Crippen LogP contribution in [0.3, 0.4) is 0 Å². The van der Waals surface area contributed by atoms with E-state index in [1.807, 2.05) is 31.2 Å². The summed E-state index contributed by atoms with van der Waals surface area (Å²) in [6, 6.07) is 13.0. The summed E-state index contributed by atoms with van der Waals surface area (Å²) in [6.45, 7) is 1.90. The third-order valence-electron chi connectivity index (χ3n) is 4.15. The van der Waals surface area contributed by atoms with Crippen molar-refractivity contribution < 1.29 is 19.4 Å². The van der Waals surface area contributed by atoms with E-state index >= 15 is 0 Å². The highest BCUT2D eigenvalue weighted by Gasteiger charge is 2.15. The van der Waals surface area contributed by atoms with Gasteiger partial charge in [-0.15, -0.1) is 0 Å². The van der Waals surface area contributed by atoms with Crippen LogP contribution in [0.5, 0.6) is 11.5 Å². The third-order valence-corrected chi connectivity index (χ3v) is 4.15. The SMILES string of the molecule is COc1ccc(OC)c(CC(=O)N[C@@H](CO)Cc2ccccc2C)c1. The molecule has 0 saturated carbocycles. The molecule has 5 nitrogen and oxygen atoms in total. The fourth-order valence-corrected chi connectivity index (χ4v) is 2.74. The topological polar surface area (TPSA) is 67.8 Å². The minimum Gasteiger partial charge on any atom is -0.497 e. The second-order valence-corrected chi connectivity index (χ2v) is 5.93. The highest BCUT2D eigenvalue weighted by molar-refractivity contribution is 5.79. The van der Waals surface area contributed by atoms with Crippen molar-refractivity contribution >= 4 is 5.91 Å². The number of aliphatic hydroxyl groups is 1. The molecule has 0 aliphatic carbocycles. The van der Waals surface area contributed by atoms with E-state index in [1.54, 1.807) is 32.4 Å². The molecule has 0 radical (unpaired) electrons. The van der Waals surface area contributed by atoms with Gasteiger partial charge in [-0.05, 0) is 42.7 Å². The lowest BCUT2D eigenvalue weighted by Crippen LogP contribution is -2.40. The summed E-state index contributed by atoms with van der Waals surface area (Å²) in [4.78, 5) is 12.4. The fraction of sp³-hybridized carbons (Fsp3) is 0.350. The number of aliphatic hydroxyl groups excluding tert-OH is 1. The molecule has 0 aliphatic heterocycles. The molecule has 2 rings (SSSR count). The maximum atomic E-state index is 12.4. The van der Waals surface area contributed by atoms with Crippen molar-refractivity contribution in [1.82, 2.24) is 5.32 Å². The Kier molecular flexibility index (Phi) is 6.83. The number of methoxy groups -OCH3 is 2. The van der Waals surface area contributed by atoms with E-state index < -0.39 is 0 Å². The molecule has 0 bridgehead atoms. The fourth-order valence-electron chi connectivity index (χ4n) is 2.74. The zero-order valence-electron chi connectivity index (χ0n) is 14.9. The number of benzene rings is 2. The number of carbonyl (C=O) groups is 1. The number of carbonyl (C=O) groups excluding carboxylic acids is 1. The Balaban J connectivity index is 2.04. The molecule has 0 heterocycles. The molecule has 134 valence electrons. The molecule has 2 aromatic carbocycles. The van der Waals surface area contributed by atoms with Crippen molar-refractivity contribution in [2.24, 2.45) is 0 Å². The van der Waals surface area contributed by atoms with Crippen LogP contribution in [0.1, 0.15) is 16.7 Å². The van der Waals surface area contributed by atoms with Gasteiger partial charge in [0.2, 0.25) is 5.91 Å². The molecule has 1 atom stereocenters. The van der Waals surface area contributed by atoms with Crippen LogP contribution >= 0.6 is 0 Å². The number of amides is 1. The number of rotatable bonds is 8. The van der Waals surface area contributed by atoms with Gasteiger partial charge in [0, 0.05) is 5.56 Å². The second-order valence-electron chi connectivity index (χ2n) is 5.93. The van der Waals surface area contributed by atoms with Crippen LogP contribution in [-0.4, -0.2) is 37.9 Å². The first-order chi connectivity index (χ1) is 12.1. The number of aryl methyl sites for hydroxylation is 1. The van der Waals surface area contributed by atoms with Crippen molar-refractivity contribution in [2.75, 3.05) is 20.8 Å². The highest BCUT2D eigenvalue weighted by atomic mass is 16.5. The minimum atomic E-state index is -0.329. The summed E-state index contributed by atoms with van der Waals surface area (Å²) in [5.74, 6) is 1.14. The summed E-state index contributed by atoms with van der Waals surface area (Å²) in [7, 11) is 3.15. The summed E-state index contributed by atoms with van der Waals surface area (Å²) in [5.41, 5.74) is 3.00. The first kappa shape index (κ1) is 18.8. The molecular formula is C20H25NO4. The van der Waals surface area contributed by atoms with Gasteiger partial charge in [-0.1, -0.05) is 24.3 Å². The predicted octanol–water partition coefficient (Wildman–Crippen LogP) is 2.27. The van der Waals surface area contributed by atoms with Crippen molar-refractivity contribution in [3.05, 3.63) is 59.2 Å². The lowest BCUT2D eigenvalue weighted by Gasteiger charge is -2.18. The van der Waals surface area contributed by atoms with Gasteiger partial charge in [0.25, 0.3) is 0 Å². The van der Waals surface area contributed by atoms with Gasteiger partial charge >= 0.3 is 0 Å². The van der Waals surface area contributed by atoms with Crippen molar-refractivity contribution in [3.8, 4) is 11.5 Å². The first-order valence-electron chi connectivity index (χ1n) is 8.23. The normalized spacial score (nSPS) is 11.7. The molecule has 1 amide bonds. The van der Waals surface area contributed by atoms with Gasteiger partial charge in [-0.25, -0.2) is 0 Å². The Bertz CT molecular complexity index is 715. The number of nitrogens with one attached hydrogen (secondary N) is 1. The standard InChI is InChI=1S/C20H25NO4/c1-14-6-4-5-7-15(14)10-17(13-22)21-20(23)12-16-11-18(24-2)8-9-19(16)25-3/h4-9,11,17,22H,10,12-13H2,1-3H3,(H,21,23)/t17-/m1/s1. The number of ether oxygens (including phenoxy) is 2. The van der Waals surface area contributed by atoms with Crippen LogP contribution < -0.4 is 14.8 Å². The van der Waals surface area contributed by atoms with Gasteiger partial charge in [0.15, 0.2) is 0 Å². The molecule has 0 unspecified atom stereocenters. The largest absolute Gasteiger partial charge is 0.497 e. The van der Waals surface area contributed by atoms with Gasteiger partial charge in [0.05, 0.1) is 33.3 Å². The third kappa shape index (κ3) is 5.22. The van der Waals surface area contributed by atoms with E-state index in [4.69, 9.17) is 9.47 Å². The zero-order chi connectivity index (χ0) is 18.2. The Morgan fingerprint density at radius 2 is 1.88 bits per heavy atom. The van der Waals surface area contributed by atoms with E-state index in [0.29, 0.717) is 17.9 Å². The quantitative estimate of drug-likeness (QED) is 0.772. The second kappa shape index (κ2) is 9.08. The number of hydrogen-bond acceptors (Lipinski definition) is 4. The van der Waals surface area contributed by atoms with Crippen LogP contribution in [0.15, 0.2) is 42.5 Å². The van der Waals surface area contributed by atoms with Crippen molar-refractivity contribution in [2.45, 2.75) is 25.8 Å². The summed E-state index contributed by atoms with van der Waals surface area (Å²) < 4.78 is 10.5. The van der Waals surface area contributed by atoms with Crippen LogP contribution in [0.4, 0.5) is 0 Å². The van der Waals surface area contributed by atoms with Crippen LogP contribution in [0.2, 0.25) is 0 Å². The Labute approximate surface area is 148 Å². The van der Waals surface area contributed by atoms with Gasteiger partial charge < -0.3 is 19.9 Å². The molecule has 5 heteroatoms. The molecule has 2 N–H and O–H groups in total. The monoisotopic (exact) mass is 343 g/mol. The predicted molar refractivity (Wildman–Crippen MR) is 97.1 cm³/mol. The number of hydrogen-bond donors (Lipinski definition) is 2. The zero-order valence-corrected chi connectivity index (χ0v) is 14.9. The van der Waals surface area contributed by atoms with Gasteiger partial charge in [0.1, 0.15) is 11.5 Å². The lowest BCUT2D eigenvalue weighted by molar-refractivity contribution is -0.121. The van der Waals surface area contributed by atoms with Gasteiger partial charge in [-0.2, -0.15) is 0 Å². The van der Waals surface area contributed by atoms with Crippen molar-refractivity contribution in [1.29, 1.82) is 0 Å². The smallest absolute Gasteiger partial charge is 0.224 e. The molecule has 2 aromatic rings. The average molecular weight is 343 g/mol. The summed E-state index contributed by atoms with van der Waals surface area (Å²) in [5, 5.41) is 12.5. The van der Waals surface area contributed by atoms with Crippen LogP contribution in [0.25, 0.3) is 0 Å². The summed E-state index contributed by atoms with van der Waals surface area (Å²) >= 11 is 0. The molecule has 0 aliphatic rings. The van der Waals surface area contributed by atoms with E-state index in [9.17, 15) is 9.90 Å². The summed E-state index contributed by atoms with van der Waals surface area (Å²) in [6.07, 6.45) is 0.745. The molecule has 0 saturated heterocycles. The molecule has 0 fully saturated rings. The average Bonchev–Trinajstić information content (AvgIpc) is 2.62. The van der Waals surface area contributed by atoms with E-state index in [0.717, 1.165) is 16.7 Å². The van der Waals surface area contributed by atoms with Crippen LogP contribution in [-0.2, 0) is 17.6 Å². The van der Waals surface area contributed by atoms with E-state index in [2.05, 4.69) is 5.32 Å². The maximum Gasteiger partial charge on any atom is 0.224 e. The minimum absolute atomic E-state index is 0.116. The molecule has 0 aromatic heterocycles. The lowest BCUT2D eigenvalue weighted by atomic mass is 10.0. The maximum absolute atomic E-state index is 12.4. The molecular weight excluding hydrogens is 318 g/mol. The highest BCUT2D eigenvalue weighted by Crippen LogP contribution is 2.24. The molecule has 25 heavy (non-hydrogen) atoms. The van der Waals surface area contributed by atoms with E-state index in [1.165, 1.54) is 0 Å². The van der Waals surface area contributed by atoms with Crippen LogP contribution in [0, 0.1) is 6.92 Å². The Morgan fingerprint density at radius 1 is 1.12 bits per heavy atom. The Morgan fingerprint density at radius 3 is 2.52 bits per heavy atom. The Hall–Kier alpha value is -2.53. The van der Waals surface area contributed by atoms with E-state index in [-0.39, 0.29) is 25.0 Å². The molecule has 0 spiro atoms. The first-order valence-corrected chi connectivity index (χ1v) is 8.23.